The summed E-state index contributed by atoms with van der Waals surface area (Å²) >= 11 is 9.36. The van der Waals surface area contributed by atoms with Crippen molar-refractivity contribution in [2.24, 2.45) is 5.92 Å². The van der Waals surface area contributed by atoms with E-state index in [1.165, 1.54) is 0 Å². The molecule has 0 radical (unpaired) electrons. The van der Waals surface area contributed by atoms with Crippen molar-refractivity contribution < 1.29 is 9.90 Å². The first-order chi connectivity index (χ1) is 10.1. The topological polar surface area (TPSA) is 80.9 Å². The molecule has 1 N–H and O–H groups in total. The van der Waals surface area contributed by atoms with E-state index in [1.807, 2.05) is 12.1 Å². The standard InChI is InChI=1S/C13H12BrClN4O2/c14-9-5-8(3-4-10(9)15)13-16-17-18-19(13)11(6-12(20)21)7-1-2-7/h3-5,7,11H,1-2,6H2,(H,20,21). The SMILES string of the molecule is O=C(O)CC(C1CC1)n1nnnc1-c1ccc(Cl)c(Br)c1. The van der Waals surface area contributed by atoms with Crippen LogP contribution in [0.4, 0.5) is 0 Å². The highest BCUT2D eigenvalue weighted by molar-refractivity contribution is 9.10. The molecular weight excluding hydrogens is 360 g/mol. The van der Waals surface area contributed by atoms with Crippen LogP contribution in [-0.4, -0.2) is 31.3 Å². The first-order valence-electron chi connectivity index (χ1n) is 6.51. The highest BCUT2D eigenvalue weighted by Gasteiger charge is 2.36. The molecule has 110 valence electrons. The van der Waals surface area contributed by atoms with Crippen LogP contribution in [0.15, 0.2) is 22.7 Å². The number of tetrazole rings is 1. The molecule has 3 rings (SSSR count). The maximum absolute atomic E-state index is 11.1. The van der Waals surface area contributed by atoms with Gasteiger partial charge in [-0.3, -0.25) is 4.79 Å². The third kappa shape index (κ3) is 3.08. The molecule has 2 aromatic rings. The number of hydrogen-bond acceptors (Lipinski definition) is 4. The van der Waals surface area contributed by atoms with E-state index in [4.69, 9.17) is 16.7 Å². The molecule has 0 saturated heterocycles. The zero-order valence-electron chi connectivity index (χ0n) is 10.9. The number of carboxylic acid groups (broad SMARTS) is 1. The van der Waals surface area contributed by atoms with Crippen LogP contribution in [0.25, 0.3) is 11.4 Å². The Morgan fingerprint density at radius 3 is 2.90 bits per heavy atom. The monoisotopic (exact) mass is 370 g/mol. The Morgan fingerprint density at radius 2 is 2.29 bits per heavy atom. The number of carboxylic acids is 1. The Balaban J connectivity index is 1.98. The number of hydrogen-bond donors (Lipinski definition) is 1. The van der Waals surface area contributed by atoms with Gasteiger partial charge in [0.15, 0.2) is 5.82 Å². The Morgan fingerprint density at radius 1 is 1.52 bits per heavy atom. The van der Waals surface area contributed by atoms with Crippen molar-refractivity contribution in [3.05, 3.63) is 27.7 Å². The van der Waals surface area contributed by atoms with Crippen LogP contribution in [0.5, 0.6) is 0 Å². The van der Waals surface area contributed by atoms with Crippen LogP contribution in [-0.2, 0) is 4.79 Å². The second-order valence-electron chi connectivity index (χ2n) is 5.08. The lowest BCUT2D eigenvalue weighted by Crippen LogP contribution is -2.18. The van der Waals surface area contributed by atoms with Gasteiger partial charge in [0.25, 0.3) is 0 Å². The van der Waals surface area contributed by atoms with E-state index in [0.29, 0.717) is 16.8 Å². The van der Waals surface area contributed by atoms with Crippen molar-refractivity contribution >= 4 is 33.5 Å². The van der Waals surface area contributed by atoms with E-state index in [1.54, 1.807) is 10.7 Å². The molecule has 0 aliphatic heterocycles. The summed E-state index contributed by atoms with van der Waals surface area (Å²) in [5.41, 5.74) is 0.798. The molecule has 0 bridgehead atoms. The Labute approximate surface area is 134 Å². The quantitative estimate of drug-likeness (QED) is 0.873. The van der Waals surface area contributed by atoms with Gasteiger partial charge in [-0.25, -0.2) is 4.68 Å². The Kier molecular flexibility index (Phi) is 3.95. The van der Waals surface area contributed by atoms with Gasteiger partial charge in [0.2, 0.25) is 0 Å². The number of benzene rings is 1. The molecule has 0 amide bonds. The molecule has 1 saturated carbocycles. The Bertz CT molecular complexity index is 687. The molecule has 1 atom stereocenters. The highest BCUT2D eigenvalue weighted by atomic mass is 79.9. The number of aliphatic carboxylic acids is 1. The number of rotatable bonds is 5. The van der Waals surface area contributed by atoms with E-state index < -0.39 is 5.97 Å². The van der Waals surface area contributed by atoms with Gasteiger partial charge < -0.3 is 5.11 Å². The smallest absolute Gasteiger partial charge is 0.305 e. The largest absolute Gasteiger partial charge is 0.481 e. The lowest BCUT2D eigenvalue weighted by Gasteiger charge is -2.15. The molecule has 1 aliphatic carbocycles. The predicted octanol–water partition coefficient (Wildman–Crippen LogP) is 3.18. The first-order valence-corrected chi connectivity index (χ1v) is 7.68. The van der Waals surface area contributed by atoms with Crippen molar-refractivity contribution in [2.75, 3.05) is 0 Å². The van der Waals surface area contributed by atoms with Crippen LogP contribution in [0.3, 0.4) is 0 Å². The van der Waals surface area contributed by atoms with Crippen molar-refractivity contribution in [2.45, 2.75) is 25.3 Å². The van der Waals surface area contributed by atoms with Gasteiger partial charge in [0.1, 0.15) is 0 Å². The van der Waals surface area contributed by atoms with Gasteiger partial charge >= 0.3 is 5.97 Å². The van der Waals surface area contributed by atoms with Crippen LogP contribution in [0, 0.1) is 5.92 Å². The minimum atomic E-state index is -0.842. The summed E-state index contributed by atoms with van der Waals surface area (Å²) in [6.45, 7) is 0. The summed E-state index contributed by atoms with van der Waals surface area (Å²) in [5.74, 6) is 0.0512. The summed E-state index contributed by atoms with van der Waals surface area (Å²) in [6.07, 6.45) is 2.06. The highest BCUT2D eigenvalue weighted by Crippen LogP contribution is 2.42. The molecular formula is C13H12BrClN4O2. The fourth-order valence-electron chi connectivity index (χ4n) is 2.35. The number of aromatic nitrogens is 4. The Hall–Kier alpha value is -1.47. The zero-order chi connectivity index (χ0) is 15.0. The van der Waals surface area contributed by atoms with Gasteiger partial charge in [-0.1, -0.05) is 11.6 Å². The third-order valence-corrected chi connectivity index (χ3v) is 4.75. The third-order valence-electron chi connectivity index (χ3n) is 3.53. The average molecular weight is 372 g/mol. The second kappa shape index (κ2) is 5.73. The molecule has 1 aromatic carbocycles. The maximum atomic E-state index is 11.1. The van der Waals surface area contributed by atoms with Crippen molar-refractivity contribution in [1.29, 1.82) is 0 Å². The van der Waals surface area contributed by atoms with Gasteiger partial charge in [0.05, 0.1) is 17.5 Å². The van der Waals surface area contributed by atoms with E-state index in [-0.39, 0.29) is 12.5 Å². The first kappa shape index (κ1) is 14.5. The minimum absolute atomic E-state index is 0.0253. The van der Waals surface area contributed by atoms with Gasteiger partial charge in [-0.15, -0.1) is 5.10 Å². The van der Waals surface area contributed by atoms with E-state index in [9.17, 15) is 4.79 Å². The van der Waals surface area contributed by atoms with Gasteiger partial charge in [-0.05, 0) is 63.3 Å². The van der Waals surface area contributed by atoms with Crippen LogP contribution < -0.4 is 0 Å². The normalized spacial score (nSPS) is 15.9. The van der Waals surface area contributed by atoms with Crippen LogP contribution >= 0.6 is 27.5 Å². The number of halogens is 2. The van der Waals surface area contributed by atoms with Gasteiger partial charge in [-0.2, -0.15) is 0 Å². The van der Waals surface area contributed by atoms with E-state index in [0.717, 1.165) is 22.9 Å². The molecule has 21 heavy (non-hydrogen) atoms. The predicted molar refractivity (Wildman–Crippen MR) is 80.0 cm³/mol. The lowest BCUT2D eigenvalue weighted by molar-refractivity contribution is -0.138. The van der Waals surface area contributed by atoms with E-state index in [2.05, 4.69) is 31.5 Å². The summed E-state index contributed by atoms with van der Waals surface area (Å²) in [5, 5.41) is 21.4. The number of nitrogens with zero attached hydrogens (tertiary/aromatic N) is 4. The molecule has 1 heterocycles. The zero-order valence-corrected chi connectivity index (χ0v) is 13.3. The molecule has 1 aliphatic rings. The van der Waals surface area contributed by atoms with Crippen LogP contribution in [0.2, 0.25) is 5.02 Å². The van der Waals surface area contributed by atoms with Crippen LogP contribution in [0.1, 0.15) is 25.3 Å². The van der Waals surface area contributed by atoms with Crippen molar-refractivity contribution in [3.63, 3.8) is 0 Å². The fourth-order valence-corrected chi connectivity index (χ4v) is 2.85. The molecule has 1 unspecified atom stereocenters. The fraction of sp³-hybridized carbons (Fsp3) is 0.385. The lowest BCUT2D eigenvalue weighted by atomic mass is 10.1. The van der Waals surface area contributed by atoms with Crippen molar-refractivity contribution in [1.82, 2.24) is 20.2 Å². The molecule has 1 aromatic heterocycles. The number of carbonyl (C=O) groups is 1. The second-order valence-corrected chi connectivity index (χ2v) is 6.34. The minimum Gasteiger partial charge on any atom is -0.481 e. The molecule has 6 nitrogen and oxygen atoms in total. The maximum Gasteiger partial charge on any atom is 0.305 e. The van der Waals surface area contributed by atoms with Crippen molar-refractivity contribution in [3.8, 4) is 11.4 Å². The molecule has 8 heteroatoms. The summed E-state index contributed by atoms with van der Waals surface area (Å²) in [6, 6.07) is 5.19. The summed E-state index contributed by atoms with van der Waals surface area (Å²) < 4.78 is 2.37. The summed E-state index contributed by atoms with van der Waals surface area (Å²) in [4.78, 5) is 11.1. The summed E-state index contributed by atoms with van der Waals surface area (Å²) in [7, 11) is 0. The molecule has 0 spiro atoms. The van der Waals surface area contributed by atoms with Gasteiger partial charge in [0, 0.05) is 10.0 Å². The van der Waals surface area contributed by atoms with E-state index >= 15 is 0 Å². The molecule has 1 fully saturated rings. The average Bonchev–Trinajstić information content (AvgIpc) is 3.16.